The van der Waals surface area contributed by atoms with Crippen molar-refractivity contribution in [2.24, 2.45) is 11.7 Å². The van der Waals surface area contributed by atoms with Crippen molar-refractivity contribution < 1.29 is 9.59 Å². The van der Waals surface area contributed by atoms with Crippen LogP contribution in [0.2, 0.25) is 5.02 Å². The van der Waals surface area contributed by atoms with Crippen molar-refractivity contribution in [2.45, 2.75) is 25.7 Å². The summed E-state index contributed by atoms with van der Waals surface area (Å²) in [7, 11) is 0. The van der Waals surface area contributed by atoms with Crippen molar-refractivity contribution in [1.82, 2.24) is 10.2 Å². The zero-order valence-electron chi connectivity index (χ0n) is 12.6. The van der Waals surface area contributed by atoms with Gasteiger partial charge >= 0.3 is 6.03 Å². The zero-order valence-corrected chi connectivity index (χ0v) is 13.3. The van der Waals surface area contributed by atoms with E-state index in [1.165, 1.54) is 0 Å². The number of hydrogen-bond acceptors (Lipinski definition) is 2. The van der Waals surface area contributed by atoms with Crippen molar-refractivity contribution in [2.75, 3.05) is 19.6 Å². The highest BCUT2D eigenvalue weighted by Crippen LogP contribution is 2.20. The molecule has 3 N–H and O–H groups in total. The van der Waals surface area contributed by atoms with Crippen LogP contribution in [0.3, 0.4) is 0 Å². The summed E-state index contributed by atoms with van der Waals surface area (Å²) in [5, 5.41) is 3.64. The molecule has 0 spiro atoms. The molecule has 1 fully saturated rings. The molecule has 3 amide bonds. The molecular weight excluding hydrogens is 302 g/mol. The predicted octanol–water partition coefficient (Wildman–Crippen LogP) is 2.18. The van der Waals surface area contributed by atoms with Crippen LogP contribution in [0.15, 0.2) is 24.3 Å². The predicted molar refractivity (Wildman–Crippen MR) is 86.7 cm³/mol. The van der Waals surface area contributed by atoms with Crippen molar-refractivity contribution in [1.29, 1.82) is 0 Å². The molecule has 0 aromatic heterocycles. The van der Waals surface area contributed by atoms with E-state index < -0.39 is 0 Å². The van der Waals surface area contributed by atoms with Crippen LogP contribution in [0.5, 0.6) is 0 Å². The highest BCUT2D eigenvalue weighted by molar-refractivity contribution is 6.30. The Bertz CT molecular complexity index is 528. The van der Waals surface area contributed by atoms with Gasteiger partial charge in [-0.25, -0.2) is 4.79 Å². The molecule has 1 aromatic carbocycles. The molecule has 0 radical (unpaired) electrons. The lowest BCUT2D eigenvalue weighted by Crippen LogP contribution is -2.45. The third-order valence-electron chi connectivity index (χ3n) is 3.97. The maximum absolute atomic E-state index is 12.1. The minimum atomic E-state index is -0.260. The molecular formula is C16H22ClN3O2. The third kappa shape index (κ3) is 5.22. The van der Waals surface area contributed by atoms with Gasteiger partial charge in [0.1, 0.15) is 0 Å². The van der Waals surface area contributed by atoms with E-state index in [4.69, 9.17) is 17.3 Å². The second kappa shape index (κ2) is 8.03. The Balaban J connectivity index is 1.69. The van der Waals surface area contributed by atoms with Crippen LogP contribution >= 0.6 is 11.6 Å². The molecule has 1 aromatic rings. The Labute approximate surface area is 135 Å². The second-order valence-electron chi connectivity index (χ2n) is 5.71. The van der Waals surface area contributed by atoms with E-state index >= 15 is 0 Å². The number of primary amides is 1. The number of amides is 3. The molecule has 1 saturated heterocycles. The summed E-state index contributed by atoms with van der Waals surface area (Å²) in [4.78, 5) is 24.8. The van der Waals surface area contributed by atoms with Crippen LogP contribution < -0.4 is 11.1 Å². The fourth-order valence-corrected chi connectivity index (χ4v) is 2.96. The quantitative estimate of drug-likeness (QED) is 0.871. The number of benzene rings is 1. The highest BCUT2D eigenvalue weighted by Gasteiger charge is 2.23. The molecule has 0 unspecified atom stereocenters. The van der Waals surface area contributed by atoms with E-state index in [-0.39, 0.29) is 11.9 Å². The van der Waals surface area contributed by atoms with Gasteiger partial charge in [0, 0.05) is 31.1 Å². The Hall–Kier alpha value is -1.75. The smallest absolute Gasteiger partial charge is 0.317 e. The van der Waals surface area contributed by atoms with Gasteiger partial charge in [0.05, 0.1) is 0 Å². The summed E-state index contributed by atoms with van der Waals surface area (Å²) in [5.41, 5.74) is 6.31. The van der Waals surface area contributed by atoms with E-state index in [0.29, 0.717) is 37.0 Å². The summed E-state index contributed by atoms with van der Waals surface area (Å²) in [5.74, 6) is 0.0532. The number of likely N-dealkylation sites (tertiary alicyclic amines) is 1. The highest BCUT2D eigenvalue weighted by atomic mass is 35.5. The summed E-state index contributed by atoms with van der Waals surface area (Å²) >= 11 is 5.93. The SMILES string of the molecule is NC(=O)CC1CCN(C(=O)NCCc2cccc(Cl)c2)CC1. The molecule has 6 heteroatoms. The zero-order chi connectivity index (χ0) is 15.9. The lowest BCUT2D eigenvalue weighted by molar-refractivity contribution is -0.119. The first-order valence-corrected chi connectivity index (χ1v) is 7.98. The average molecular weight is 324 g/mol. The summed E-state index contributed by atoms with van der Waals surface area (Å²) in [6.45, 7) is 1.95. The molecule has 1 aliphatic rings. The van der Waals surface area contributed by atoms with Crippen molar-refractivity contribution in [3.63, 3.8) is 0 Å². The fraction of sp³-hybridized carbons (Fsp3) is 0.500. The largest absolute Gasteiger partial charge is 0.370 e. The lowest BCUT2D eigenvalue weighted by Gasteiger charge is -2.31. The van der Waals surface area contributed by atoms with Crippen molar-refractivity contribution in [3.05, 3.63) is 34.9 Å². The topological polar surface area (TPSA) is 75.4 Å². The molecule has 22 heavy (non-hydrogen) atoms. The third-order valence-corrected chi connectivity index (χ3v) is 4.21. The van der Waals surface area contributed by atoms with E-state index in [1.807, 2.05) is 24.3 Å². The van der Waals surface area contributed by atoms with Gasteiger partial charge < -0.3 is 16.0 Å². The van der Waals surface area contributed by atoms with Crippen molar-refractivity contribution in [3.8, 4) is 0 Å². The molecule has 5 nitrogen and oxygen atoms in total. The van der Waals surface area contributed by atoms with Crippen LogP contribution in [0.4, 0.5) is 4.79 Å². The molecule has 120 valence electrons. The minimum Gasteiger partial charge on any atom is -0.370 e. The normalized spacial score (nSPS) is 15.6. The van der Waals surface area contributed by atoms with Gasteiger partial charge in [0.15, 0.2) is 0 Å². The number of nitrogens with one attached hydrogen (secondary N) is 1. The number of nitrogens with two attached hydrogens (primary N) is 1. The molecule has 1 heterocycles. The Morgan fingerprint density at radius 2 is 2.05 bits per heavy atom. The summed E-state index contributed by atoms with van der Waals surface area (Å²) in [6.07, 6.45) is 2.85. The van der Waals surface area contributed by atoms with E-state index in [2.05, 4.69) is 5.32 Å². The fourth-order valence-electron chi connectivity index (χ4n) is 2.74. The number of carbonyl (C=O) groups is 2. The number of halogens is 1. The van der Waals surface area contributed by atoms with E-state index in [9.17, 15) is 9.59 Å². The van der Waals surface area contributed by atoms with Crippen LogP contribution in [0.25, 0.3) is 0 Å². The standard InChI is InChI=1S/C16H22ClN3O2/c17-14-3-1-2-12(10-14)4-7-19-16(22)20-8-5-13(6-9-20)11-15(18)21/h1-3,10,13H,4-9,11H2,(H2,18,21)(H,19,22). The number of hydrogen-bond donors (Lipinski definition) is 2. The summed E-state index contributed by atoms with van der Waals surface area (Å²) in [6, 6.07) is 7.60. The van der Waals surface area contributed by atoms with Crippen LogP contribution in [0.1, 0.15) is 24.8 Å². The monoisotopic (exact) mass is 323 g/mol. The minimum absolute atomic E-state index is 0.0421. The van der Waals surface area contributed by atoms with E-state index in [0.717, 1.165) is 24.8 Å². The molecule has 0 aliphatic carbocycles. The van der Waals surface area contributed by atoms with Crippen LogP contribution in [-0.2, 0) is 11.2 Å². The number of urea groups is 1. The number of nitrogens with zero attached hydrogens (tertiary/aromatic N) is 1. The van der Waals surface area contributed by atoms with Crippen LogP contribution in [0, 0.1) is 5.92 Å². The maximum Gasteiger partial charge on any atom is 0.317 e. The molecule has 2 rings (SSSR count). The van der Waals surface area contributed by atoms with Gasteiger partial charge in [-0.2, -0.15) is 0 Å². The molecule has 0 saturated carbocycles. The van der Waals surface area contributed by atoms with Gasteiger partial charge in [-0.3, -0.25) is 4.79 Å². The first-order chi connectivity index (χ1) is 10.5. The van der Waals surface area contributed by atoms with E-state index in [1.54, 1.807) is 4.90 Å². The average Bonchev–Trinajstić information content (AvgIpc) is 2.47. The number of rotatable bonds is 5. The maximum atomic E-state index is 12.1. The second-order valence-corrected chi connectivity index (χ2v) is 6.15. The first-order valence-electron chi connectivity index (χ1n) is 7.60. The summed E-state index contributed by atoms with van der Waals surface area (Å²) < 4.78 is 0. The Morgan fingerprint density at radius 1 is 1.32 bits per heavy atom. The van der Waals surface area contributed by atoms with Gasteiger partial charge in [-0.05, 0) is 42.9 Å². The Morgan fingerprint density at radius 3 is 2.68 bits per heavy atom. The number of carbonyl (C=O) groups excluding carboxylic acids is 2. The van der Waals surface area contributed by atoms with Gasteiger partial charge in [-0.15, -0.1) is 0 Å². The molecule has 0 bridgehead atoms. The van der Waals surface area contributed by atoms with Gasteiger partial charge in [-0.1, -0.05) is 23.7 Å². The van der Waals surface area contributed by atoms with Crippen LogP contribution in [-0.4, -0.2) is 36.5 Å². The molecule has 1 aliphatic heterocycles. The lowest BCUT2D eigenvalue weighted by atomic mass is 9.93. The van der Waals surface area contributed by atoms with Gasteiger partial charge in [0.25, 0.3) is 0 Å². The number of piperidine rings is 1. The molecule has 0 atom stereocenters. The van der Waals surface area contributed by atoms with Gasteiger partial charge in [0.2, 0.25) is 5.91 Å². The van der Waals surface area contributed by atoms with Crippen molar-refractivity contribution >= 4 is 23.5 Å². The first kappa shape index (κ1) is 16.6. The Kier molecular flexibility index (Phi) is 6.07.